The largest absolute Gasteiger partial charge is 0.336 e. The molecule has 0 spiro atoms. The van der Waals surface area contributed by atoms with Gasteiger partial charge in [-0.15, -0.1) is 0 Å². The number of rotatable bonds is 8. The number of hydrogen-bond acceptors (Lipinski definition) is 3. The lowest BCUT2D eigenvalue weighted by Crippen LogP contribution is -2.14. The minimum Gasteiger partial charge on any atom is -0.336 e. The second-order valence-corrected chi connectivity index (χ2v) is 17.9. The summed E-state index contributed by atoms with van der Waals surface area (Å²) in [5.74, 6) is 1.79. The van der Waals surface area contributed by atoms with E-state index in [1.54, 1.807) is 0 Å². The number of fused-ring (bicyclic) bond motifs is 9. The summed E-state index contributed by atoms with van der Waals surface area (Å²) in [5, 5.41) is 7.16. The van der Waals surface area contributed by atoms with Crippen molar-refractivity contribution in [3.8, 4) is 56.7 Å². The average molecular weight is 895 g/mol. The van der Waals surface area contributed by atoms with Crippen molar-refractivity contribution >= 4 is 65.4 Å². The molecule has 0 radical (unpaired) electrons. The van der Waals surface area contributed by atoms with Gasteiger partial charge < -0.3 is 13.7 Å². The zero-order valence-corrected chi connectivity index (χ0v) is 38.0. The molecule has 0 atom stereocenters. The molecular formula is C64H42N6. The normalized spacial score (nSPS) is 11.8. The molecule has 0 aliphatic rings. The fraction of sp³-hybridized carbons (Fsp3) is 0.0156. The molecule has 0 fully saturated rings. The van der Waals surface area contributed by atoms with Gasteiger partial charge in [-0.3, -0.25) is 0 Å². The van der Waals surface area contributed by atoms with Crippen LogP contribution in [0, 0.1) is 0 Å². The van der Waals surface area contributed by atoms with E-state index in [-0.39, 0.29) is 0 Å². The lowest BCUT2D eigenvalue weighted by Gasteiger charge is -2.26. The van der Waals surface area contributed by atoms with E-state index >= 15 is 0 Å². The van der Waals surface area contributed by atoms with E-state index in [0.717, 1.165) is 77.9 Å². The van der Waals surface area contributed by atoms with Crippen LogP contribution in [0.1, 0.15) is 5.56 Å². The Morgan fingerprint density at radius 1 is 0.300 bits per heavy atom. The Labute approximate surface area is 403 Å². The van der Waals surface area contributed by atoms with Gasteiger partial charge in [-0.2, -0.15) is 0 Å². The van der Waals surface area contributed by atoms with Gasteiger partial charge in [0.25, 0.3) is 0 Å². The van der Waals surface area contributed by atoms with Crippen molar-refractivity contribution in [3.05, 3.63) is 248 Å². The maximum Gasteiger partial charge on any atom is 0.166 e. The molecule has 6 heteroatoms. The first-order valence-electron chi connectivity index (χ1n) is 23.8. The summed E-state index contributed by atoms with van der Waals surface area (Å²) in [7, 11) is 0. The van der Waals surface area contributed by atoms with Crippen LogP contribution < -0.4 is 0 Å². The van der Waals surface area contributed by atoms with Gasteiger partial charge in [-0.25, -0.2) is 15.0 Å². The molecule has 70 heavy (non-hydrogen) atoms. The van der Waals surface area contributed by atoms with Gasteiger partial charge in [0.2, 0.25) is 0 Å². The zero-order chi connectivity index (χ0) is 46.1. The monoisotopic (exact) mass is 894 g/mol. The molecule has 0 N–H and O–H groups in total. The first-order chi connectivity index (χ1) is 34.8. The highest BCUT2D eigenvalue weighted by atomic mass is 15.1. The van der Waals surface area contributed by atoms with Gasteiger partial charge in [0, 0.05) is 60.0 Å². The molecule has 0 saturated heterocycles. The Kier molecular flexibility index (Phi) is 9.17. The molecule has 0 amide bonds. The van der Waals surface area contributed by atoms with Crippen molar-refractivity contribution in [2.24, 2.45) is 0 Å². The molecule has 14 rings (SSSR count). The van der Waals surface area contributed by atoms with E-state index < -0.39 is 0 Å². The van der Waals surface area contributed by atoms with Gasteiger partial charge in [-0.05, 0) is 53.6 Å². The van der Waals surface area contributed by atoms with Crippen molar-refractivity contribution in [1.29, 1.82) is 0 Å². The maximum absolute atomic E-state index is 5.60. The van der Waals surface area contributed by atoms with Crippen molar-refractivity contribution in [3.63, 3.8) is 0 Å². The zero-order valence-electron chi connectivity index (χ0n) is 38.0. The second kappa shape index (κ2) is 16.1. The Balaban J connectivity index is 1.24. The molecule has 4 aromatic heterocycles. The van der Waals surface area contributed by atoms with Crippen LogP contribution in [0.4, 0.5) is 0 Å². The minimum absolute atomic E-state index is 0.518. The van der Waals surface area contributed by atoms with Crippen LogP contribution in [0.3, 0.4) is 0 Å². The maximum atomic E-state index is 5.60. The predicted octanol–water partition coefficient (Wildman–Crippen LogP) is 15.9. The highest BCUT2D eigenvalue weighted by Gasteiger charge is 2.30. The van der Waals surface area contributed by atoms with E-state index in [4.69, 9.17) is 15.0 Å². The summed E-state index contributed by atoms with van der Waals surface area (Å²) in [5.41, 5.74) is 14.7. The van der Waals surface area contributed by atoms with E-state index in [9.17, 15) is 0 Å². The molecule has 0 bridgehead atoms. The van der Waals surface area contributed by atoms with Crippen molar-refractivity contribution in [1.82, 2.24) is 28.7 Å². The number of para-hydroxylation sites is 6. The molecule has 0 saturated carbocycles. The van der Waals surface area contributed by atoms with Crippen molar-refractivity contribution in [2.45, 2.75) is 6.54 Å². The van der Waals surface area contributed by atoms with E-state index in [1.807, 2.05) is 36.4 Å². The smallest absolute Gasteiger partial charge is 0.166 e. The molecule has 0 aliphatic heterocycles. The van der Waals surface area contributed by atoms with Gasteiger partial charge in [0.1, 0.15) is 0 Å². The second-order valence-electron chi connectivity index (χ2n) is 17.9. The highest BCUT2D eigenvalue weighted by molar-refractivity contribution is 6.13. The van der Waals surface area contributed by atoms with Crippen LogP contribution in [-0.4, -0.2) is 28.7 Å². The van der Waals surface area contributed by atoms with Crippen molar-refractivity contribution in [2.75, 3.05) is 0 Å². The SMILES string of the molecule is c1ccc(-c2nc(-c3ccccc3)nc(-c3c(-c4ccccc4)cc(-n4c5ccccc5c5ccccc54)c(Cn4c5ccccc5c5ccccc54)c3-n3c4ccccc4c4ccccc43)n2)cc1. The van der Waals surface area contributed by atoms with Crippen LogP contribution in [0.15, 0.2) is 243 Å². The van der Waals surface area contributed by atoms with Crippen LogP contribution in [0.5, 0.6) is 0 Å². The first-order valence-corrected chi connectivity index (χ1v) is 23.8. The lowest BCUT2D eigenvalue weighted by molar-refractivity contribution is 0.849. The third-order valence-corrected chi connectivity index (χ3v) is 14.0. The summed E-state index contributed by atoms with van der Waals surface area (Å²) in [6.45, 7) is 0.518. The molecule has 6 nitrogen and oxygen atoms in total. The van der Waals surface area contributed by atoms with E-state index in [2.05, 4.69) is 220 Å². The Hall–Kier alpha value is -9.39. The summed E-state index contributed by atoms with van der Waals surface area (Å²) in [6, 6.07) is 86.7. The summed E-state index contributed by atoms with van der Waals surface area (Å²) >= 11 is 0. The van der Waals surface area contributed by atoms with Crippen LogP contribution in [0.25, 0.3) is 122 Å². The molecule has 14 aromatic rings. The number of hydrogen-bond donors (Lipinski definition) is 0. The summed E-state index contributed by atoms with van der Waals surface area (Å²) < 4.78 is 7.51. The lowest BCUT2D eigenvalue weighted by atomic mass is 9.92. The minimum atomic E-state index is 0.518. The molecule has 4 heterocycles. The van der Waals surface area contributed by atoms with Gasteiger partial charge in [0.15, 0.2) is 17.5 Å². The molecular weight excluding hydrogens is 853 g/mol. The third-order valence-electron chi connectivity index (χ3n) is 14.0. The molecule has 0 aliphatic carbocycles. The van der Waals surface area contributed by atoms with Crippen LogP contribution in [0.2, 0.25) is 0 Å². The highest BCUT2D eigenvalue weighted by Crippen LogP contribution is 2.47. The topological polar surface area (TPSA) is 53.5 Å². The van der Waals surface area contributed by atoms with Crippen LogP contribution in [-0.2, 0) is 6.54 Å². The van der Waals surface area contributed by atoms with Crippen LogP contribution >= 0.6 is 0 Å². The van der Waals surface area contributed by atoms with Gasteiger partial charge >= 0.3 is 0 Å². The molecule has 328 valence electrons. The fourth-order valence-corrected chi connectivity index (χ4v) is 11.0. The number of aromatic nitrogens is 6. The van der Waals surface area contributed by atoms with Gasteiger partial charge in [0.05, 0.1) is 45.5 Å². The average Bonchev–Trinajstić information content (AvgIpc) is 4.07. The summed E-state index contributed by atoms with van der Waals surface area (Å²) in [4.78, 5) is 16.4. The molecule has 10 aromatic carbocycles. The number of benzene rings is 10. The summed E-state index contributed by atoms with van der Waals surface area (Å²) in [6.07, 6.45) is 0. The first kappa shape index (κ1) is 39.7. The van der Waals surface area contributed by atoms with E-state index in [0.29, 0.717) is 24.0 Å². The predicted molar refractivity (Wildman–Crippen MR) is 289 cm³/mol. The van der Waals surface area contributed by atoms with Gasteiger partial charge in [-0.1, -0.05) is 200 Å². The number of nitrogens with zero attached hydrogens (tertiary/aromatic N) is 6. The third kappa shape index (κ3) is 6.24. The van der Waals surface area contributed by atoms with Crippen molar-refractivity contribution < 1.29 is 0 Å². The quantitative estimate of drug-likeness (QED) is 0.153. The van der Waals surface area contributed by atoms with E-state index in [1.165, 1.54) is 32.3 Å². The Morgan fingerprint density at radius 3 is 1.06 bits per heavy atom. The fourth-order valence-electron chi connectivity index (χ4n) is 11.0. The Morgan fingerprint density at radius 2 is 0.629 bits per heavy atom. The molecule has 0 unspecified atom stereocenters. The Bertz CT molecular complexity index is 4100. The standard InChI is InChI=1S/C64H42N6/c1-4-22-42(23-5-1)51-40-59(69-55-36-18-12-30-47(55)48-31-13-19-37-56(48)69)52(41-68-53-34-16-10-28-45(53)46-29-11-17-35-54(46)68)61(70-57-38-20-14-32-49(57)50-33-15-21-39-58(50)70)60(51)64-66-62(43-24-6-2-7-25-43)65-63(67-64)44-26-8-3-9-27-44/h1-40H,41H2.